The molecule has 118 valence electrons. The molecule has 0 bridgehead atoms. The molecule has 0 aliphatic carbocycles. The van der Waals surface area contributed by atoms with E-state index in [0.29, 0.717) is 5.41 Å². The van der Waals surface area contributed by atoms with E-state index < -0.39 is 0 Å². The van der Waals surface area contributed by atoms with Crippen molar-refractivity contribution < 1.29 is 0 Å². The quantitative estimate of drug-likeness (QED) is 0.858. The molecule has 2 nitrogen and oxygen atoms in total. The molecule has 1 heterocycles. The minimum absolute atomic E-state index is 0.129. The fraction of sp³-hybridized carbons (Fsp3) is 0.667. The standard InChI is InChI=1S/C18H29ClN2/c1-17(2,3)20-13-14-6-7-16(15(19)12-14)21-10-8-18(4,5)9-11-21/h6-7,12,20H,8-11,13H2,1-5H3. The molecule has 0 saturated carbocycles. The van der Waals surface area contributed by atoms with Crippen molar-refractivity contribution in [2.24, 2.45) is 5.41 Å². The summed E-state index contributed by atoms with van der Waals surface area (Å²) in [5.74, 6) is 0. The Bertz CT molecular complexity index is 478. The third kappa shape index (κ3) is 4.89. The molecule has 1 aromatic carbocycles. The normalized spacial score (nSPS) is 18.9. The lowest BCUT2D eigenvalue weighted by Crippen LogP contribution is -2.37. The van der Waals surface area contributed by atoms with Crippen LogP contribution in [-0.2, 0) is 6.54 Å². The molecule has 3 heteroatoms. The van der Waals surface area contributed by atoms with Gasteiger partial charge in [-0.15, -0.1) is 0 Å². The zero-order valence-electron chi connectivity index (χ0n) is 14.1. The van der Waals surface area contributed by atoms with Gasteiger partial charge in [0.25, 0.3) is 0 Å². The van der Waals surface area contributed by atoms with Gasteiger partial charge < -0.3 is 10.2 Å². The Morgan fingerprint density at radius 2 is 1.81 bits per heavy atom. The van der Waals surface area contributed by atoms with Crippen LogP contribution >= 0.6 is 11.6 Å². The van der Waals surface area contributed by atoms with Crippen LogP contribution < -0.4 is 10.2 Å². The summed E-state index contributed by atoms with van der Waals surface area (Å²) in [5, 5.41) is 4.38. The molecule has 0 atom stereocenters. The van der Waals surface area contributed by atoms with E-state index in [1.807, 2.05) is 0 Å². The number of piperidine rings is 1. The Morgan fingerprint density at radius 1 is 1.19 bits per heavy atom. The molecule has 0 unspecified atom stereocenters. The Balaban J connectivity index is 2.03. The third-order valence-electron chi connectivity index (χ3n) is 4.29. The highest BCUT2D eigenvalue weighted by Crippen LogP contribution is 2.35. The Kier molecular flexibility index (Phi) is 4.89. The minimum Gasteiger partial charge on any atom is -0.370 e. The number of hydrogen-bond donors (Lipinski definition) is 1. The summed E-state index contributed by atoms with van der Waals surface area (Å²) in [4.78, 5) is 2.43. The van der Waals surface area contributed by atoms with Crippen LogP contribution in [0.4, 0.5) is 5.69 Å². The monoisotopic (exact) mass is 308 g/mol. The second-order valence-electron chi connectivity index (χ2n) is 8.04. The van der Waals surface area contributed by atoms with E-state index in [4.69, 9.17) is 11.6 Å². The zero-order chi connectivity index (χ0) is 15.7. The van der Waals surface area contributed by atoms with Crippen molar-refractivity contribution in [1.82, 2.24) is 5.32 Å². The van der Waals surface area contributed by atoms with Gasteiger partial charge in [0.15, 0.2) is 0 Å². The van der Waals surface area contributed by atoms with E-state index in [9.17, 15) is 0 Å². The van der Waals surface area contributed by atoms with E-state index in [0.717, 1.165) is 24.7 Å². The summed E-state index contributed by atoms with van der Waals surface area (Å²) in [5.41, 5.74) is 3.03. The van der Waals surface area contributed by atoms with Gasteiger partial charge in [0, 0.05) is 25.2 Å². The molecule has 1 saturated heterocycles. The van der Waals surface area contributed by atoms with Crippen LogP contribution in [0.15, 0.2) is 18.2 Å². The van der Waals surface area contributed by atoms with E-state index in [-0.39, 0.29) is 5.54 Å². The smallest absolute Gasteiger partial charge is 0.0642 e. The SMILES string of the molecule is CC1(C)CCN(c2ccc(CNC(C)(C)C)cc2Cl)CC1. The van der Waals surface area contributed by atoms with Gasteiger partial charge in [0.05, 0.1) is 10.7 Å². The third-order valence-corrected chi connectivity index (χ3v) is 4.60. The number of rotatable bonds is 3. The summed E-state index contributed by atoms with van der Waals surface area (Å²) in [6.45, 7) is 14.3. The topological polar surface area (TPSA) is 15.3 Å². The molecule has 21 heavy (non-hydrogen) atoms. The lowest BCUT2D eigenvalue weighted by Gasteiger charge is -2.38. The zero-order valence-corrected chi connectivity index (χ0v) is 14.8. The van der Waals surface area contributed by atoms with E-state index in [1.165, 1.54) is 24.1 Å². The first kappa shape index (κ1) is 16.6. The maximum absolute atomic E-state index is 6.51. The van der Waals surface area contributed by atoms with Gasteiger partial charge >= 0.3 is 0 Å². The lowest BCUT2D eigenvalue weighted by molar-refractivity contribution is 0.280. The number of nitrogens with one attached hydrogen (secondary N) is 1. The molecule has 0 spiro atoms. The van der Waals surface area contributed by atoms with Gasteiger partial charge in [0.1, 0.15) is 0 Å². The fourth-order valence-electron chi connectivity index (χ4n) is 2.64. The van der Waals surface area contributed by atoms with Crippen molar-refractivity contribution in [2.75, 3.05) is 18.0 Å². The van der Waals surface area contributed by atoms with Crippen molar-refractivity contribution in [3.63, 3.8) is 0 Å². The van der Waals surface area contributed by atoms with E-state index in [2.05, 4.69) is 63.0 Å². The second kappa shape index (κ2) is 6.18. The highest BCUT2D eigenvalue weighted by atomic mass is 35.5. The first-order valence-electron chi connectivity index (χ1n) is 7.95. The van der Waals surface area contributed by atoms with Gasteiger partial charge in [0.2, 0.25) is 0 Å². The van der Waals surface area contributed by atoms with Gasteiger partial charge in [-0.3, -0.25) is 0 Å². The average Bonchev–Trinajstić information content (AvgIpc) is 2.36. The number of hydrogen-bond acceptors (Lipinski definition) is 2. The number of halogens is 1. The molecule has 0 radical (unpaired) electrons. The Hall–Kier alpha value is -0.730. The van der Waals surface area contributed by atoms with Crippen molar-refractivity contribution in [2.45, 2.75) is 59.5 Å². The largest absolute Gasteiger partial charge is 0.370 e. The number of anilines is 1. The van der Waals surface area contributed by atoms with E-state index >= 15 is 0 Å². The molecule has 0 aromatic heterocycles. The molecule has 1 aliphatic rings. The van der Waals surface area contributed by atoms with E-state index in [1.54, 1.807) is 0 Å². The van der Waals surface area contributed by atoms with Crippen molar-refractivity contribution in [3.05, 3.63) is 28.8 Å². The maximum Gasteiger partial charge on any atom is 0.0642 e. The van der Waals surface area contributed by atoms with Gasteiger partial charge in [-0.25, -0.2) is 0 Å². The van der Waals surface area contributed by atoms with Gasteiger partial charge in [-0.1, -0.05) is 31.5 Å². The summed E-state index contributed by atoms with van der Waals surface area (Å²) < 4.78 is 0. The minimum atomic E-state index is 0.129. The highest BCUT2D eigenvalue weighted by Gasteiger charge is 2.26. The van der Waals surface area contributed by atoms with Crippen LogP contribution in [0.1, 0.15) is 53.0 Å². The van der Waals surface area contributed by atoms with Gasteiger partial charge in [-0.2, -0.15) is 0 Å². The molecule has 1 fully saturated rings. The molecular formula is C18H29ClN2. The van der Waals surface area contributed by atoms with Gasteiger partial charge in [-0.05, 0) is 56.7 Å². The fourth-order valence-corrected chi connectivity index (χ4v) is 2.96. The number of benzene rings is 1. The average molecular weight is 309 g/mol. The molecule has 2 rings (SSSR count). The van der Waals surface area contributed by atoms with Crippen molar-refractivity contribution >= 4 is 17.3 Å². The molecule has 1 N–H and O–H groups in total. The lowest BCUT2D eigenvalue weighted by atomic mass is 9.82. The van der Waals surface area contributed by atoms with Crippen LogP contribution in [0.3, 0.4) is 0 Å². The molecule has 1 aromatic rings. The van der Waals surface area contributed by atoms with Crippen LogP contribution in [0.5, 0.6) is 0 Å². The first-order chi connectivity index (χ1) is 9.66. The number of nitrogens with zero attached hydrogens (tertiary/aromatic N) is 1. The summed E-state index contributed by atoms with van der Waals surface area (Å²) >= 11 is 6.51. The van der Waals surface area contributed by atoms with Crippen LogP contribution in [0.25, 0.3) is 0 Å². The van der Waals surface area contributed by atoms with Crippen molar-refractivity contribution in [3.8, 4) is 0 Å². The molecular weight excluding hydrogens is 280 g/mol. The van der Waals surface area contributed by atoms with Crippen molar-refractivity contribution in [1.29, 1.82) is 0 Å². The van der Waals surface area contributed by atoms with Crippen LogP contribution in [0, 0.1) is 5.41 Å². The Morgan fingerprint density at radius 3 is 2.33 bits per heavy atom. The molecule has 1 aliphatic heterocycles. The summed E-state index contributed by atoms with van der Waals surface area (Å²) in [6, 6.07) is 6.48. The van der Waals surface area contributed by atoms with Crippen LogP contribution in [0.2, 0.25) is 5.02 Å². The predicted octanol–water partition coefficient (Wildman–Crippen LogP) is 4.85. The molecule has 0 amide bonds. The predicted molar refractivity (Wildman–Crippen MR) is 93.3 cm³/mol. The second-order valence-corrected chi connectivity index (χ2v) is 8.45. The summed E-state index contributed by atoms with van der Waals surface area (Å²) in [7, 11) is 0. The first-order valence-corrected chi connectivity index (χ1v) is 8.33. The summed E-state index contributed by atoms with van der Waals surface area (Å²) in [6.07, 6.45) is 2.47. The Labute approximate surface area is 134 Å². The highest BCUT2D eigenvalue weighted by molar-refractivity contribution is 6.33. The maximum atomic E-state index is 6.51. The van der Waals surface area contributed by atoms with Crippen LogP contribution in [-0.4, -0.2) is 18.6 Å².